The third kappa shape index (κ3) is 4.07. The van der Waals surface area contributed by atoms with Crippen molar-refractivity contribution in [2.45, 2.75) is 57.0 Å². The molecule has 0 aromatic rings. The summed E-state index contributed by atoms with van der Waals surface area (Å²) in [5.41, 5.74) is 0. The smallest absolute Gasteiger partial charge is 0.0222 e. The SMILES string of the molecule is C1CCC(N2CCN(C3CCCNC3)CC2)CC1.Cl. The van der Waals surface area contributed by atoms with E-state index in [0.717, 1.165) is 12.1 Å². The third-order valence-electron chi connectivity index (χ3n) is 5.23. The van der Waals surface area contributed by atoms with E-state index < -0.39 is 0 Å². The van der Waals surface area contributed by atoms with Crippen LogP contribution >= 0.6 is 12.4 Å². The van der Waals surface area contributed by atoms with E-state index in [0.29, 0.717) is 0 Å². The number of nitrogens with one attached hydrogen (secondary N) is 1. The maximum absolute atomic E-state index is 3.55. The Kier molecular flexibility index (Phi) is 6.40. The van der Waals surface area contributed by atoms with Crippen LogP contribution in [0.15, 0.2) is 0 Å². The zero-order chi connectivity index (χ0) is 12.2. The van der Waals surface area contributed by atoms with Gasteiger partial charge in [-0.25, -0.2) is 0 Å². The highest BCUT2D eigenvalue weighted by Crippen LogP contribution is 2.24. The lowest BCUT2D eigenvalue weighted by Crippen LogP contribution is -2.56. The van der Waals surface area contributed by atoms with Crippen molar-refractivity contribution < 1.29 is 0 Å². The molecule has 0 bridgehead atoms. The molecule has 1 saturated carbocycles. The molecule has 0 amide bonds. The molecule has 0 spiro atoms. The predicted octanol–water partition coefficient (Wildman–Crippen LogP) is 2.11. The van der Waals surface area contributed by atoms with Gasteiger partial charge in [0, 0.05) is 44.8 Å². The number of hydrogen-bond acceptors (Lipinski definition) is 3. The first kappa shape index (κ1) is 15.6. The number of rotatable bonds is 2. The van der Waals surface area contributed by atoms with Crippen LogP contribution in [0.5, 0.6) is 0 Å². The summed E-state index contributed by atoms with van der Waals surface area (Å²) in [6.45, 7) is 7.72. The normalized spacial score (nSPS) is 31.9. The molecule has 1 atom stereocenters. The minimum absolute atomic E-state index is 0. The van der Waals surface area contributed by atoms with Crippen molar-refractivity contribution in [3.63, 3.8) is 0 Å². The quantitative estimate of drug-likeness (QED) is 0.839. The van der Waals surface area contributed by atoms with Crippen molar-refractivity contribution in [1.29, 1.82) is 0 Å². The van der Waals surface area contributed by atoms with Gasteiger partial charge in [0.2, 0.25) is 0 Å². The molecule has 3 aliphatic rings. The van der Waals surface area contributed by atoms with Crippen LogP contribution in [-0.2, 0) is 0 Å². The second-order valence-corrected chi connectivity index (χ2v) is 6.36. The summed E-state index contributed by atoms with van der Waals surface area (Å²) in [6, 6.07) is 1.75. The zero-order valence-electron chi connectivity index (χ0n) is 12.1. The third-order valence-corrected chi connectivity index (χ3v) is 5.23. The van der Waals surface area contributed by atoms with E-state index in [-0.39, 0.29) is 12.4 Å². The van der Waals surface area contributed by atoms with Gasteiger partial charge in [-0.3, -0.25) is 9.80 Å². The molecule has 112 valence electrons. The average Bonchev–Trinajstić information content (AvgIpc) is 2.49. The fourth-order valence-electron chi connectivity index (χ4n) is 4.06. The van der Waals surface area contributed by atoms with Crippen LogP contribution in [0.25, 0.3) is 0 Å². The topological polar surface area (TPSA) is 18.5 Å². The zero-order valence-corrected chi connectivity index (χ0v) is 13.0. The van der Waals surface area contributed by atoms with E-state index in [1.54, 1.807) is 0 Å². The van der Waals surface area contributed by atoms with E-state index in [9.17, 15) is 0 Å². The summed E-state index contributed by atoms with van der Waals surface area (Å²) in [5, 5.41) is 3.55. The first-order valence-electron chi connectivity index (χ1n) is 8.12. The first-order valence-corrected chi connectivity index (χ1v) is 8.12. The summed E-state index contributed by atoms with van der Waals surface area (Å²) in [6.07, 6.45) is 10.1. The first-order chi connectivity index (χ1) is 8.93. The molecule has 2 aliphatic heterocycles. The van der Waals surface area contributed by atoms with Gasteiger partial charge in [0.05, 0.1) is 0 Å². The number of piperidine rings is 1. The number of halogens is 1. The fraction of sp³-hybridized carbons (Fsp3) is 1.00. The molecule has 3 rings (SSSR count). The Morgan fingerprint density at radius 3 is 1.84 bits per heavy atom. The summed E-state index contributed by atoms with van der Waals surface area (Å²) in [7, 11) is 0. The highest BCUT2D eigenvalue weighted by atomic mass is 35.5. The Morgan fingerprint density at radius 2 is 1.26 bits per heavy atom. The Morgan fingerprint density at radius 1 is 0.684 bits per heavy atom. The maximum Gasteiger partial charge on any atom is 0.0222 e. The Labute approximate surface area is 124 Å². The van der Waals surface area contributed by atoms with Crippen LogP contribution < -0.4 is 5.32 Å². The minimum Gasteiger partial charge on any atom is -0.315 e. The second kappa shape index (κ2) is 7.82. The molecular weight excluding hydrogens is 258 g/mol. The molecule has 0 aromatic carbocycles. The van der Waals surface area contributed by atoms with Gasteiger partial charge >= 0.3 is 0 Å². The van der Waals surface area contributed by atoms with Crippen LogP contribution in [0.2, 0.25) is 0 Å². The molecule has 1 N–H and O–H groups in total. The standard InChI is InChI=1S/C15H29N3.ClH/c1-2-5-14(6-3-1)17-9-11-18(12-10-17)15-7-4-8-16-13-15;/h14-16H,1-13H2;1H. The second-order valence-electron chi connectivity index (χ2n) is 6.36. The molecule has 4 heteroatoms. The summed E-state index contributed by atoms with van der Waals surface area (Å²) in [5.74, 6) is 0. The van der Waals surface area contributed by atoms with Crippen LogP contribution in [0.4, 0.5) is 0 Å². The summed E-state index contributed by atoms with van der Waals surface area (Å²) >= 11 is 0. The van der Waals surface area contributed by atoms with Gasteiger partial charge in [-0.05, 0) is 32.2 Å². The van der Waals surface area contributed by atoms with Gasteiger partial charge in [-0.2, -0.15) is 0 Å². The van der Waals surface area contributed by atoms with Crippen molar-refractivity contribution >= 4 is 12.4 Å². The Bertz CT molecular complexity index is 216. The molecule has 3 nitrogen and oxygen atoms in total. The van der Waals surface area contributed by atoms with Crippen LogP contribution in [-0.4, -0.2) is 61.2 Å². The van der Waals surface area contributed by atoms with E-state index in [1.165, 1.54) is 84.2 Å². The Balaban J connectivity index is 0.00000133. The maximum atomic E-state index is 3.55. The molecule has 0 radical (unpaired) electrons. The van der Waals surface area contributed by atoms with Crippen LogP contribution in [0, 0.1) is 0 Å². The molecule has 0 aromatic heterocycles. The van der Waals surface area contributed by atoms with Gasteiger partial charge in [-0.1, -0.05) is 19.3 Å². The molecule has 19 heavy (non-hydrogen) atoms. The number of hydrogen-bond donors (Lipinski definition) is 1. The van der Waals surface area contributed by atoms with Crippen molar-refractivity contribution in [1.82, 2.24) is 15.1 Å². The van der Waals surface area contributed by atoms with Crippen molar-refractivity contribution in [2.24, 2.45) is 0 Å². The van der Waals surface area contributed by atoms with Gasteiger partial charge in [0.1, 0.15) is 0 Å². The van der Waals surface area contributed by atoms with Gasteiger partial charge in [0.15, 0.2) is 0 Å². The largest absolute Gasteiger partial charge is 0.315 e. The van der Waals surface area contributed by atoms with E-state index in [4.69, 9.17) is 0 Å². The van der Waals surface area contributed by atoms with Crippen LogP contribution in [0.1, 0.15) is 44.9 Å². The lowest BCUT2D eigenvalue weighted by molar-refractivity contribution is 0.0498. The van der Waals surface area contributed by atoms with Gasteiger partial charge in [0.25, 0.3) is 0 Å². The van der Waals surface area contributed by atoms with E-state index in [2.05, 4.69) is 15.1 Å². The molecule has 2 heterocycles. The number of nitrogens with zero attached hydrogens (tertiary/aromatic N) is 2. The Hall–Kier alpha value is 0.170. The highest BCUT2D eigenvalue weighted by molar-refractivity contribution is 5.85. The molecule has 1 aliphatic carbocycles. The fourth-order valence-corrected chi connectivity index (χ4v) is 4.06. The molecule has 1 unspecified atom stereocenters. The monoisotopic (exact) mass is 287 g/mol. The van der Waals surface area contributed by atoms with Gasteiger partial charge < -0.3 is 5.32 Å². The number of piperazine rings is 1. The minimum atomic E-state index is 0. The average molecular weight is 288 g/mol. The lowest BCUT2D eigenvalue weighted by atomic mass is 9.93. The van der Waals surface area contributed by atoms with Crippen molar-refractivity contribution in [2.75, 3.05) is 39.3 Å². The van der Waals surface area contributed by atoms with Crippen molar-refractivity contribution in [3.8, 4) is 0 Å². The van der Waals surface area contributed by atoms with Gasteiger partial charge in [-0.15, -0.1) is 12.4 Å². The highest BCUT2D eigenvalue weighted by Gasteiger charge is 2.28. The van der Waals surface area contributed by atoms with E-state index >= 15 is 0 Å². The predicted molar refractivity (Wildman–Crippen MR) is 83.2 cm³/mol. The summed E-state index contributed by atoms with van der Waals surface area (Å²) < 4.78 is 0. The van der Waals surface area contributed by atoms with Crippen LogP contribution in [0.3, 0.4) is 0 Å². The molecular formula is C15H30ClN3. The lowest BCUT2D eigenvalue weighted by Gasteiger charge is -2.44. The molecule has 3 fully saturated rings. The molecule has 2 saturated heterocycles. The summed E-state index contributed by atoms with van der Waals surface area (Å²) in [4.78, 5) is 5.53. The van der Waals surface area contributed by atoms with E-state index in [1.807, 2.05) is 0 Å². The van der Waals surface area contributed by atoms with Crippen molar-refractivity contribution in [3.05, 3.63) is 0 Å².